The topological polar surface area (TPSA) is 70.2 Å². The van der Waals surface area contributed by atoms with E-state index in [4.69, 9.17) is 16.7 Å². The maximum absolute atomic E-state index is 10.6. The predicted octanol–water partition coefficient (Wildman–Crippen LogP) is 0.460. The third-order valence-corrected chi connectivity index (χ3v) is 1.30. The third-order valence-electron chi connectivity index (χ3n) is 1.10. The van der Waals surface area contributed by atoms with Crippen LogP contribution in [-0.2, 0) is 0 Å². The minimum Gasteiger partial charge on any atom is -0.503 e. The van der Waals surface area contributed by atoms with Gasteiger partial charge in [0.1, 0.15) is 5.69 Å². The highest BCUT2D eigenvalue weighted by atomic mass is 35.5. The van der Waals surface area contributed by atoms with Gasteiger partial charge < -0.3 is 10.1 Å². The molecule has 0 bridgehead atoms. The minimum absolute atomic E-state index is 0.0329. The molecule has 1 heterocycles. The Morgan fingerprint density at radius 3 is 2.64 bits per heavy atom. The highest BCUT2D eigenvalue weighted by Gasteiger charge is 2.03. The molecule has 4 nitrogen and oxygen atoms in total. The lowest BCUT2D eigenvalue weighted by atomic mass is 10.3. The third kappa shape index (κ3) is 1.59. The van der Waals surface area contributed by atoms with Gasteiger partial charge in [-0.05, 0) is 23.7 Å². The molecule has 0 aliphatic rings. The van der Waals surface area contributed by atoms with Gasteiger partial charge in [-0.2, -0.15) is 0 Å². The Morgan fingerprint density at radius 2 is 2.18 bits per heavy atom. The molecule has 2 N–H and O–H groups in total. The van der Waals surface area contributed by atoms with Crippen LogP contribution >= 0.6 is 11.6 Å². The Labute approximate surface area is 66.4 Å². The Kier molecular flexibility index (Phi) is 1.96. The van der Waals surface area contributed by atoms with E-state index in [1.807, 2.05) is 0 Å². The van der Waals surface area contributed by atoms with Crippen LogP contribution in [0.4, 0.5) is 0 Å². The predicted molar refractivity (Wildman–Crippen MR) is 38.9 cm³/mol. The van der Waals surface area contributed by atoms with E-state index in [0.29, 0.717) is 0 Å². The quantitative estimate of drug-likeness (QED) is 0.606. The first-order chi connectivity index (χ1) is 5.11. The summed E-state index contributed by atoms with van der Waals surface area (Å²) in [6.45, 7) is 0. The lowest BCUT2D eigenvalue weighted by Gasteiger charge is -1.92. The van der Waals surface area contributed by atoms with Crippen molar-refractivity contribution in [3.8, 4) is 5.75 Å². The van der Waals surface area contributed by atoms with Crippen molar-refractivity contribution in [2.24, 2.45) is 0 Å². The van der Waals surface area contributed by atoms with Crippen LogP contribution < -0.4 is 5.56 Å². The molecule has 0 saturated carbocycles. The van der Waals surface area contributed by atoms with Gasteiger partial charge in [0.2, 0.25) is 0 Å². The Morgan fingerprint density at radius 1 is 1.55 bits per heavy atom. The summed E-state index contributed by atoms with van der Waals surface area (Å²) in [5, 5.41) is 7.97. The minimum atomic E-state index is -0.762. The van der Waals surface area contributed by atoms with E-state index in [9.17, 15) is 9.59 Å². The highest BCUT2D eigenvalue weighted by molar-refractivity contribution is 6.67. The van der Waals surface area contributed by atoms with Crippen LogP contribution in [-0.4, -0.2) is 15.3 Å². The van der Waals surface area contributed by atoms with Crippen LogP contribution in [0.5, 0.6) is 5.75 Å². The summed E-state index contributed by atoms with van der Waals surface area (Å²) in [4.78, 5) is 23.1. The summed E-state index contributed by atoms with van der Waals surface area (Å²) in [5.41, 5.74) is -0.758. The molecule has 11 heavy (non-hydrogen) atoms. The fourth-order valence-electron chi connectivity index (χ4n) is 0.581. The zero-order chi connectivity index (χ0) is 8.43. The van der Waals surface area contributed by atoms with Gasteiger partial charge in [-0.25, -0.2) is 0 Å². The number of aromatic nitrogens is 1. The number of aromatic amines is 1. The van der Waals surface area contributed by atoms with Crippen LogP contribution in [0.2, 0.25) is 0 Å². The van der Waals surface area contributed by atoms with E-state index >= 15 is 0 Å². The van der Waals surface area contributed by atoms with Gasteiger partial charge in [0.25, 0.3) is 10.8 Å². The summed E-state index contributed by atoms with van der Waals surface area (Å²) in [5.74, 6) is -0.438. The highest BCUT2D eigenvalue weighted by Crippen LogP contribution is 2.01. The second-order valence-electron chi connectivity index (χ2n) is 1.86. The van der Waals surface area contributed by atoms with Crippen molar-refractivity contribution in [3.05, 3.63) is 28.2 Å². The van der Waals surface area contributed by atoms with Gasteiger partial charge in [-0.15, -0.1) is 0 Å². The Bertz CT molecular complexity index is 344. The van der Waals surface area contributed by atoms with Gasteiger partial charge in [0.05, 0.1) is 0 Å². The van der Waals surface area contributed by atoms with Gasteiger partial charge in [0, 0.05) is 0 Å². The SMILES string of the molecule is O=C(Cl)c1ccc(O)c(=O)[nH]1. The maximum Gasteiger partial charge on any atom is 0.290 e. The molecule has 0 unspecified atom stereocenters. The number of carbonyl (C=O) groups is 1. The number of hydrogen-bond donors (Lipinski definition) is 2. The molecule has 1 aromatic rings. The lowest BCUT2D eigenvalue weighted by molar-refractivity contribution is 0.107. The first-order valence-electron chi connectivity index (χ1n) is 2.73. The maximum atomic E-state index is 10.6. The van der Waals surface area contributed by atoms with Gasteiger partial charge in [-0.1, -0.05) is 0 Å². The van der Waals surface area contributed by atoms with E-state index in [-0.39, 0.29) is 5.69 Å². The summed E-state index contributed by atoms with van der Waals surface area (Å²) >= 11 is 5.04. The molecule has 0 amide bonds. The van der Waals surface area contributed by atoms with E-state index in [1.54, 1.807) is 0 Å². The molecule has 0 radical (unpaired) electrons. The van der Waals surface area contributed by atoms with Crippen molar-refractivity contribution >= 4 is 16.8 Å². The molecular formula is C6H4ClNO3. The largest absolute Gasteiger partial charge is 0.503 e. The number of nitrogens with one attached hydrogen (secondary N) is 1. The molecule has 0 spiro atoms. The molecule has 5 heteroatoms. The number of rotatable bonds is 1. The summed E-state index contributed by atoms with van der Waals surface area (Å²) < 4.78 is 0. The number of halogens is 1. The van der Waals surface area contributed by atoms with Gasteiger partial charge >= 0.3 is 0 Å². The van der Waals surface area contributed by atoms with E-state index in [0.717, 1.165) is 6.07 Å². The van der Waals surface area contributed by atoms with E-state index in [2.05, 4.69) is 4.98 Å². The molecule has 0 fully saturated rings. The first kappa shape index (κ1) is 7.81. The smallest absolute Gasteiger partial charge is 0.290 e. The zero-order valence-electron chi connectivity index (χ0n) is 5.30. The van der Waals surface area contributed by atoms with E-state index in [1.165, 1.54) is 6.07 Å². The number of H-pyrrole nitrogens is 1. The normalized spacial score (nSPS) is 9.55. The van der Waals surface area contributed by atoms with Gasteiger partial charge in [0.15, 0.2) is 5.75 Å². The second-order valence-corrected chi connectivity index (χ2v) is 2.20. The van der Waals surface area contributed by atoms with Crippen molar-refractivity contribution in [1.82, 2.24) is 4.98 Å². The van der Waals surface area contributed by atoms with Crippen LogP contribution in [0.3, 0.4) is 0 Å². The van der Waals surface area contributed by atoms with E-state index < -0.39 is 16.6 Å². The number of hydrogen-bond acceptors (Lipinski definition) is 3. The average molecular weight is 174 g/mol. The van der Waals surface area contributed by atoms with Crippen molar-refractivity contribution in [3.63, 3.8) is 0 Å². The molecule has 58 valence electrons. The monoisotopic (exact) mass is 173 g/mol. The molecule has 0 aliphatic heterocycles. The van der Waals surface area contributed by atoms with Crippen molar-refractivity contribution < 1.29 is 9.90 Å². The zero-order valence-corrected chi connectivity index (χ0v) is 6.05. The number of pyridine rings is 1. The van der Waals surface area contributed by atoms with Crippen LogP contribution in [0.25, 0.3) is 0 Å². The lowest BCUT2D eigenvalue weighted by Crippen LogP contribution is -2.09. The standard InChI is InChI=1S/C6H4ClNO3/c7-5(10)3-1-2-4(9)6(11)8-3/h1-2,9H,(H,8,11). The fraction of sp³-hybridized carbons (Fsp3) is 0. The first-order valence-corrected chi connectivity index (χ1v) is 3.11. The summed E-state index contributed by atoms with van der Waals surface area (Å²) in [6, 6.07) is 2.33. The van der Waals surface area contributed by atoms with Crippen molar-refractivity contribution in [1.29, 1.82) is 0 Å². The number of carbonyl (C=O) groups excluding carboxylic acids is 1. The molecule has 1 rings (SSSR count). The van der Waals surface area contributed by atoms with Crippen molar-refractivity contribution in [2.45, 2.75) is 0 Å². The van der Waals surface area contributed by atoms with Crippen LogP contribution in [0.1, 0.15) is 10.5 Å². The molecule has 0 aliphatic carbocycles. The van der Waals surface area contributed by atoms with Crippen LogP contribution in [0, 0.1) is 0 Å². The average Bonchev–Trinajstić information content (AvgIpc) is 1.94. The molecule has 1 aromatic heterocycles. The molecule has 0 atom stereocenters. The Hall–Kier alpha value is -1.29. The number of aromatic hydroxyl groups is 1. The van der Waals surface area contributed by atoms with Gasteiger partial charge in [-0.3, -0.25) is 9.59 Å². The van der Waals surface area contributed by atoms with Crippen molar-refractivity contribution in [2.75, 3.05) is 0 Å². The molecule has 0 saturated heterocycles. The molecule has 0 aromatic carbocycles. The fourth-order valence-corrected chi connectivity index (χ4v) is 0.691. The summed E-state index contributed by atoms with van der Waals surface area (Å²) in [7, 11) is 0. The van der Waals surface area contributed by atoms with Crippen LogP contribution in [0.15, 0.2) is 16.9 Å². The Balaban J connectivity index is 3.26. The molecular weight excluding hydrogens is 170 g/mol. The second kappa shape index (κ2) is 2.75. The summed E-state index contributed by atoms with van der Waals surface area (Å²) in [6.07, 6.45) is 0.